The third kappa shape index (κ3) is 4.46. The molecule has 0 saturated heterocycles. The van der Waals surface area contributed by atoms with E-state index in [0.717, 1.165) is 26.1 Å². The Bertz CT molecular complexity index is 277. The summed E-state index contributed by atoms with van der Waals surface area (Å²) in [6.07, 6.45) is 6.12. The molecule has 0 aliphatic heterocycles. The Hall–Kier alpha value is -0.610. The first-order valence-electron chi connectivity index (χ1n) is 7.64. The van der Waals surface area contributed by atoms with E-state index < -0.39 is 5.54 Å². The zero-order chi connectivity index (χ0) is 14.3. The van der Waals surface area contributed by atoms with E-state index in [2.05, 4.69) is 17.1 Å². The lowest BCUT2D eigenvalue weighted by Gasteiger charge is -2.33. The molecule has 1 aliphatic carbocycles. The van der Waals surface area contributed by atoms with E-state index in [-0.39, 0.29) is 5.97 Å². The first-order valence-corrected chi connectivity index (χ1v) is 7.64. The highest BCUT2D eigenvalue weighted by Crippen LogP contribution is 2.24. The summed E-state index contributed by atoms with van der Waals surface area (Å²) in [4.78, 5) is 14.5. The fraction of sp³-hybridized carbons (Fsp3) is 0.933. The van der Waals surface area contributed by atoms with E-state index in [1.807, 2.05) is 13.8 Å². The maximum absolute atomic E-state index is 11.9. The molecule has 4 nitrogen and oxygen atoms in total. The number of carbonyl (C=O) groups excluding carboxylic acids is 1. The van der Waals surface area contributed by atoms with Gasteiger partial charge in [-0.25, -0.2) is 0 Å². The van der Waals surface area contributed by atoms with Gasteiger partial charge in [0, 0.05) is 12.6 Å². The summed E-state index contributed by atoms with van der Waals surface area (Å²) in [6, 6.07) is 0.716. The van der Waals surface area contributed by atoms with Crippen molar-refractivity contribution in [1.82, 2.24) is 10.2 Å². The van der Waals surface area contributed by atoms with Crippen LogP contribution in [0, 0.1) is 0 Å². The summed E-state index contributed by atoms with van der Waals surface area (Å²) in [6.45, 7) is 8.98. The molecule has 1 atom stereocenters. The molecular formula is C15H30N2O2. The first-order chi connectivity index (χ1) is 9.07. The Labute approximate surface area is 117 Å². The van der Waals surface area contributed by atoms with Gasteiger partial charge >= 0.3 is 5.97 Å². The number of nitrogens with one attached hydrogen (secondary N) is 1. The van der Waals surface area contributed by atoms with Gasteiger partial charge in [-0.15, -0.1) is 0 Å². The van der Waals surface area contributed by atoms with Crippen LogP contribution in [0.15, 0.2) is 0 Å². The predicted molar refractivity (Wildman–Crippen MR) is 78.2 cm³/mol. The molecule has 0 aromatic carbocycles. The fourth-order valence-corrected chi connectivity index (χ4v) is 3.11. The lowest BCUT2D eigenvalue weighted by atomic mass is 9.97. The van der Waals surface area contributed by atoms with Gasteiger partial charge in [-0.3, -0.25) is 4.79 Å². The van der Waals surface area contributed by atoms with E-state index in [9.17, 15) is 4.79 Å². The number of hydrogen-bond acceptors (Lipinski definition) is 4. The molecule has 0 heterocycles. The van der Waals surface area contributed by atoms with Gasteiger partial charge in [0.05, 0.1) is 7.11 Å². The lowest BCUT2D eigenvalue weighted by molar-refractivity contribution is -0.148. The summed E-state index contributed by atoms with van der Waals surface area (Å²) in [5.41, 5.74) is -0.560. The lowest BCUT2D eigenvalue weighted by Crippen LogP contribution is -2.52. The third-order valence-electron chi connectivity index (χ3n) is 4.35. The van der Waals surface area contributed by atoms with Gasteiger partial charge in [-0.1, -0.05) is 26.7 Å². The molecule has 0 spiro atoms. The van der Waals surface area contributed by atoms with Gasteiger partial charge in [-0.05, 0) is 39.3 Å². The number of nitrogens with zero attached hydrogens (tertiary/aromatic N) is 1. The maximum Gasteiger partial charge on any atom is 0.325 e. The summed E-state index contributed by atoms with van der Waals surface area (Å²) in [5, 5.41) is 3.28. The molecule has 112 valence electrons. The normalized spacial score (nSPS) is 19.6. The van der Waals surface area contributed by atoms with E-state index in [4.69, 9.17) is 4.74 Å². The van der Waals surface area contributed by atoms with Crippen LogP contribution in [-0.2, 0) is 9.53 Å². The highest BCUT2D eigenvalue weighted by molar-refractivity contribution is 5.80. The van der Waals surface area contributed by atoms with Crippen LogP contribution in [0.25, 0.3) is 0 Å². The van der Waals surface area contributed by atoms with Gasteiger partial charge < -0.3 is 15.0 Å². The molecular weight excluding hydrogens is 240 g/mol. The molecule has 1 aliphatic rings. The van der Waals surface area contributed by atoms with Crippen molar-refractivity contribution in [2.75, 3.05) is 26.7 Å². The Morgan fingerprint density at radius 3 is 2.47 bits per heavy atom. The monoisotopic (exact) mass is 270 g/mol. The second-order valence-electron chi connectivity index (χ2n) is 5.67. The molecule has 1 saturated carbocycles. The number of likely N-dealkylation sites (N-methyl/N-ethyl adjacent to an activating group) is 1. The highest BCUT2D eigenvalue weighted by Gasteiger charge is 2.34. The van der Waals surface area contributed by atoms with Crippen molar-refractivity contribution < 1.29 is 9.53 Å². The molecule has 19 heavy (non-hydrogen) atoms. The third-order valence-corrected chi connectivity index (χ3v) is 4.35. The minimum absolute atomic E-state index is 0.156. The van der Waals surface area contributed by atoms with Gasteiger partial charge in [-0.2, -0.15) is 0 Å². The number of carbonyl (C=O) groups is 1. The van der Waals surface area contributed by atoms with Crippen molar-refractivity contribution in [2.45, 2.75) is 64.5 Å². The van der Waals surface area contributed by atoms with Crippen LogP contribution >= 0.6 is 0 Å². The number of methoxy groups -OCH3 is 1. The Morgan fingerprint density at radius 2 is 2.00 bits per heavy atom. The molecule has 1 fully saturated rings. The number of hydrogen-bond donors (Lipinski definition) is 1. The van der Waals surface area contributed by atoms with Crippen LogP contribution in [0.2, 0.25) is 0 Å². The average molecular weight is 270 g/mol. The molecule has 0 aromatic heterocycles. The van der Waals surface area contributed by atoms with Crippen LogP contribution in [0.3, 0.4) is 0 Å². The van der Waals surface area contributed by atoms with Crippen molar-refractivity contribution in [2.24, 2.45) is 0 Å². The summed E-state index contributed by atoms with van der Waals surface area (Å²) in [7, 11) is 1.46. The van der Waals surface area contributed by atoms with E-state index >= 15 is 0 Å². The number of rotatable bonds is 8. The second kappa shape index (κ2) is 7.85. The topological polar surface area (TPSA) is 41.6 Å². The summed E-state index contributed by atoms with van der Waals surface area (Å²) >= 11 is 0. The van der Waals surface area contributed by atoms with Gasteiger partial charge in [0.2, 0.25) is 0 Å². The van der Waals surface area contributed by atoms with Crippen LogP contribution < -0.4 is 5.32 Å². The van der Waals surface area contributed by atoms with Crippen molar-refractivity contribution >= 4 is 5.97 Å². The first kappa shape index (κ1) is 16.4. The standard InChI is InChI=1S/C15H30N2O2/c1-5-16-15(3,14(18)19-4)11-12-17(6-2)13-9-7-8-10-13/h13,16H,5-12H2,1-4H3. The average Bonchev–Trinajstić information content (AvgIpc) is 2.93. The molecule has 1 unspecified atom stereocenters. The Balaban J connectivity index is 2.55. The van der Waals surface area contributed by atoms with Crippen LogP contribution in [0.1, 0.15) is 52.9 Å². The Kier molecular flexibility index (Phi) is 6.80. The molecule has 0 radical (unpaired) electrons. The second-order valence-corrected chi connectivity index (χ2v) is 5.67. The van der Waals surface area contributed by atoms with Crippen molar-refractivity contribution in [3.05, 3.63) is 0 Å². The molecule has 1 N–H and O–H groups in total. The molecule has 0 amide bonds. The van der Waals surface area contributed by atoms with Crippen molar-refractivity contribution in [3.8, 4) is 0 Å². The molecule has 0 bridgehead atoms. The number of ether oxygens (including phenoxy) is 1. The fourth-order valence-electron chi connectivity index (χ4n) is 3.11. The van der Waals surface area contributed by atoms with Crippen LogP contribution in [0.4, 0.5) is 0 Å². The largest absolute Gasteiger partial charge is 0.468 e. The maximum atomic E-state index is 11.9. The van der Waals surface area contributed by atoms with E-state index in [0.29, 0.717) is 6.04 Å². The molecule has 4 heteroatoms. The van der Waals surface area contributed by atoms with Gasteiger partial charge in [0.1, 0.15) is 5.54 Å². The van der Waals surface area contributed by atoms with E-state index in [1.165, 1.54) is 32.8 Å². The predicted octanol–water partition coefficient (Wildman–Crippen LogP) is 2.18. The van der Waals surface area contributed by atoms with Crippen LogP contribution in [-0.4, -0.2) is 49.2 Å². The zero-order valence-corrected chi connectivity index (χ0v) is 13.0. The summed E-state index contributed by atoms with van der Waals surface area (Å²) < 4.78 is 4.94. The van der Waals surface area contributed by atoms with E-state index in [1.54, 1.807) is 0 Å². The Morgan fingerprint density at radius 1 is 1.37 bits per heavy atom. The summed E-state index contributed by atoms with van der Waals surface area (Å²) in [5.74, 6) is -0.156. The van der Waals surface area contributed by atoms with Crippen LogP contribution in [0.5, 0.6) is 0 Å². The highest BCUT2D eigenvalue weighted by atomic mass is 16.5. The minimum atomic E-state index is -0.560. The molecule has 1 rings (SSSR count). The zero-order valence-electron chi connectivity index (χ0n) is 13.0. The quantitative estimate of drug-likeness (QED) is 0.686. The van der Waals surface area contributed by atoms with Crippen molar-refractivity contribution in [1.29, 1.82) is 0 Å². The number of esters is 1. The molecule has 0 aromatic rings. The smallest absolute Gasteiger partial charge is 0.325 e. The van der Waals surface area contributed by atoms with Gasteiger partial charge in [0.25, 0.3) is 0 Å². The van der Waals surface area contributed by atoms with Gasteiger partial charge in [0.15, 0.2) is 0 Å². The van der Waals surface area contributed by atoms with Crippen molar-refractivity contribution in [3.63, 3.8) is 0 Å². The minimum Gasteiger partial charge on any atom is -0.468 e. The SMILES string of the molecule is CCNC(C)(CCN(CC)C1CCCC1)C(=O)OC.